The van der Waals surface area contributed by atoms with Gasteiger partial charge in [-0.15, -0.1) is 5.10 Å². The monoisotopic (exact) mass is 459 g/mol. The van der Waals surface area contributed by atoms with E-state index in [1.165, 1.54) is 0 Å². The number of carbonyl (C=O) groups excluding carboxylic acids is 1. The van der Waals surface area contributed by atoms with Gasteiger partial charge in [0.25, 0.3) is 0 Å². The van der Waals surface area contributed by atoms with Crippen molar-refractivity contribution in [1.29, 1.82) is 0 Å². The summed E-state index contributed by atoms with van der Waals surface area (Å²) in [4.78, 5) is 29.6. The van der Waals surface area contributed by atoms with Crippen molar-refractivity contribution in [2.24, 2.45) is 18.9 Å². The highest BCUT2D eigenvalue weighted by molar-refractivity contribution is 5.70. The van der Waals surface area contributed by atoms with E-state index in [9.17, 15) is 14.7 Å². The van der Waals surface area contributed by atoms with Crippen LogP contribution in [0.25, 0.3) is 11.4 Å². The van der Waals surface area contributed by atoms with Crippen molar-refractivity contribution in [3.8, 4) is 17.1 Å². The van der Waals surface area contributed by atoms with E-state index in [0.29, 0.717) is 48.1 Å². The summed E-state index contributed by atoms with van der Waals surface area (Å²) < 4.78 is 13.0. The molecule has 0 saturated heterocycles. The minimum atomic E-state index is -0.765. The first-order chi connectivity index (χ1) is 15.7. The second kappa shape index (κ2) is 11.1. The lowest BCUT2D eigenvalue weighted by atomic mass is 9.87. The summed E-state index contributed by atoms with van der Waals surface area (Å²) in [5.74, 6) is -0.0367. The Bertz CT molecular complexity index is 943. The average molecular weight is 460 g/mol. The third kappa shape index (κ3) is 6.66. The topological polar surface area (TPSA) is 120 Å². The second-order valence-corrected chi connectivity index (χ2v) is 8.99. The average Bonchev–Trinajstić information content (AvgIpc) is 3.16. The molecule has 180 valence electrons. The Hall–Kier alpha value is -3.17. The van der Waals surface area contributed by atoms with Crippen molar-refractivity contribution in [3.63, 3.8) is 0 Å². The minimum absolute atomic E-state index is 0.0300. The molecule has 10 nitrogen and oxygen atoms in total. The molecule has 1 aliphatic rings. The molecule has 2 atom stereocenters. The molecule has 0 bridgehead atoms. The summed E-state index contributed by atoms with van der Waals surface area (Å²) in [7, 11) is 3.46. The zero-order valence-electron chi connectivity index (χ0n) is 19.7. The van der Waals surface area contributed by atoms with Crippen LogP contribution in [0.15, 0.2) is 18.3 Å². The number of rotatable bonds is 9. The van der Waals surface area contributed by atoms with E-state index in [1.54, 1.807) is 42.0 Å². The summed E-state index contributed by atoms with van der Waals surface area (Å²) >= 11 is 0. The molecule has 2 heterocycles. The zero-order valence-corrected chi connectivity index (χ0v) is 19.7. The van der Waals surface area contributed by atoms with Crippen LogP contribution in [0, 0.1) is 11.8 Å². The van der Waals surface area contributed by atoms with E-state index < -0.39 is 12.1 Å². The van der Waals surface area contributed by atoms with Crippen LogP contribution in [0.2, 0.25) is 0 Å². The fourth-order valence-electron chi connectivity index (χ4n) is 3.78. The second-order valence-electron chi connectivity index (χ2n) is 8.99. The highest BCUT2D eigenvalue weighted by atomic mass is 16.6. The van der Waals surface area contributed by atoms with E-state index >= 15 is 0 Å². The number of hydrogen-bond donors (Lipinski definition) is 1. The number of carboxylic acids is 1. The Morgan fingerprint density at radius 2 is 2.09 bits per heavy atom. The van der Waals surface area contributed by atoms with E-state index in [4.69, 9.17) is 9.47 Å². The van der Waals surface area contributed by atoms with Gasteiger partial charge >= 0.3 is 12.1 Å². The maximum atomic E-state index is 12.3. The van der Waals surface area contributed by atoms with Gasteiger partial charge in [-0.05, 0) is 50.2 Å². The molecular formula is C23H33N5O5. The number of hydrogen-bond acceptors (Lipinski definition) is 7. The smallest absolute Gasteiger partial charge is 0.409 e. The van der Waals surface area contributed by atoms with Crippen molar-refractivity contribution in [3.05, 3.63) is 24.0 Å². The van der Waals surface area contributed by atoms with Gasteiger partial charge in [0.15, 0.2) is 0 Å². The fraction of sp³-hybridized carbons (Fsp3) is 0.609. The number of pyridine rings is 1. The van der Waals surface area contributed by atoms with E-state index in [0.717, 1.165) is 19.3 Å². The van der Waals surface area contributed by atoms with Crippen LogP contribution in [0.1, 0.15) is 51.6 Å². The highest BCUT2D eigenvalue weighted by Crippen LogP contribution is 2.29. The first-order valence-corrected chi connectivity index (χ1v) is 11.4. The number of carboxylic acid groups (broad SMARTS) is 1. The third-order valence-corrected chi connectivity index (χ3v) is 5.89. The summed E-state index contributed by atoms with van der Waals surface area (Å²) in [5, 5.41) is 17.5. The molecule has 0 spiro atoms. The lowest BCUT2D eigenvalue weighted by molar-refractivity contribution is -0.143. The van der Waals surface area contributed by atoms with Crippen molar-refractivity contribution >= 4 is 12.1 Å². The SMILES string of the molecule is CC(C)CCN(C)C(=O)OCc1c(-c2ccc(O[C@H]3CCC[C@H](C(=O)O)C3)cn2)nnn1C. The molecule has 1 aliphatic carbocycles. The standard InChI is InChI=1S/C23H33N5O5/c1-15(2)10-11-27(3)23(31)32-14-20-21(25-26-28(20)4)19-9-8-18(13-24-19)33-17-7-5-6-16(12-17)22(29)30/h8-9,13,15-17H,5-7,10-12,14H2,1-4H3,(H,29,30)/t16-,17-/m0/s1. The maximum Gasteiger partial charge on any atom is 0.409 e. The number of nitrogens with zero attached hydrogens (tertiary/aromatic N) is 5. The van der Waals surface area contributed by atoms with Crippen LogP contribution in [0.4, 0.5) is 4.79 Å². The Kier molecular flexibility index (Phi) is 8.24. The molecular weight excluding hydrogens is 426 g/mol. The van der Waals surface area contributed by atoms with Crippen molar-refractivity contribution in [2.45, 2.75) is 58.7 Å². The van der Waals surface area contributed by atoms with Crippen LogP contribution in [-0.2, 0) is 23.2 Å². The number of aromatic nitrogens is 4. The molecule has 0 aliphatic heterocycles. The van der Waals surface area contributed by atoms with Crippen LogP contribution in [0.3, 0.4) is 0 Å². The molecule has 3 rings (SSSR count). The van der Waals surface area contributed by atoms with Gasteiger partial charge in [-0.3, -0.25) is 9.78 Å². The minimum Gasteiger partial charge on any atom is -0.489 e. The highest BCUT2D eigenvalue weighted by Gasteiger charge is 2.28. The van der Waals surface area contributed by atoms with E-state index in [1.807, 2.05) is 0 Å². The zero-order chi connectivity index (χ0) is 24.0. The van der Waals surface area contributed by atoms with Gasteiger partial charge in [0.05, 0.1) is 23.9 Å². The van der Waals surface area contributed by atoms with E-state index in [2.05, 4.69) is 29.1 Å². The van der Waals surface area contributed by atoms with E-state index in [-0.39, 0.29) is 18.6 Å². The van der Waals surface area contributed by atoms with Crippen LogP contribution < -0.4 is 4.74 Å². The Morgan fingerprint density at radius 1 is 1.30 bits per heavy atom. The van der Waals surface area contributed by atoms with Crippen LogP contribution in [-0.4, -0.2) is 61.7 Å². The number of amides is 1. The number of aliphatic carboxylic acids is 1. The predicted octanol–water partition coefficient (Wildman–Crippen LogP) is 3.51. The molecule has 10 heteroatoms. The van der Waals surface area contributed by atoms with Gasteiger partial charge < -0.3 is 19.5 Å². The lowest BCUT2D eigenvalue weighted by Gasteiger charge is -2.27. The Morgan fingerprint density at radius 3 is 2.76 bits per heavy atom. The third-order valence-electron chi connectivity index (χ3n) is 5.89. The number of aryl methyl sites for hydroxylation is 1. The van der Waals surface area contributed by atoms with Gasteiger partial charge in [0.1, 0.15) is 23.7 Å². The van der Waals surface area contributed by atoms with Crippen LogP contribution >= 0.6 is 0 Å². The van der Waals surface area contributed by atoms with Crippen LogP contribution in [0.5, 0.6) is 5.75 Å². The summed E-state index contributed by atoms with van der Waals surface area (Å²) in [6.45, 7) is 4.88. The molecule has 2 aromatic rings. The normalized spacial score (nSPS) is 18.2. The molecule has 33 heavy (non-hydrogen) atoms. The van der Waals surface area contributed by atoms with Gasteiger partial charge in [0, 0.05) is 20.6 Å². The lowest BCUT2D eigenvalue weighted by Crippen LogP contribution is -2.29. The van der Waals surface area contributed by atoms with Crippen molar-refractivity contribution < 1.29 is 24.2 Å². The Balaban J connectivity index is 1.61. The molecule has 1 N–H and O–H groups in total. The number of carbonyl (C=O) groups is 2. The summed E-state index contributed by atoms with van der Waals surface area (Å²) in [6.07, 6.45) is 4.84. The summed E-state index contributed by atoms with van der Waals surface area (Å²) in [6, 6.07) is 3.56. The van der Waals surface area contributed by atoms with Gasteiger partial charge in [-0.2, -0.15) is 0 Å². The van der Waals surface area contributed by atoms with Gasteiger partial charge in [0.2, 0.25) is 0 Å². The van der Waals surface area contributed by atoms with Gasteiger partial charge in [-0.1, -0.05) is 19.1 Å². The molecule has 1 fully saturated rings. The Labute approximate surface area is 193 Å². The largest absolute Gasteiger partial charge is 0.489 e. The quantitative estimate of drug-likeness (QED) is 0.605. The van der Waals surface area contributed by atoms with Gasteiger partial charge in [-0.25, -0.2) is 9.48 Å². The molecule has 0 aromatic carbocycles. The van der Waals surface area contributed by atoms with Crippen molar-refractivity contribution in [2.75, 3.05) is 13.6 Å². The predicted molar refractivity (Wildman–Crippen MR) is 121 cm³/mol. The molecule has 1 amide bonds. The first-order valence-electron chi connectivity index (χ1n) is 11.4. The summed E-state index contributed by atoms with van der Waals surface area (Å²) in [5.41, 5.74) is 1.75. The van der Waals surface area contributed by atoms with Crippen molar-refractivity contribution in [1.82, 2.24) is 24.9 Å². The molecule has 1 saturated carbocycles. The molecule has 0 radical (unpaired) electrons. The number of ether oxygens (including phenoxy) is 2. The first kappa shape index (κ1) is 24.5. The fourth-order valence-corrected chi connectivity index (χ4v) is 3.78. The molecule has 2 aromatic heterocycles. The molecule has 0 unspecified atom stereocenters. The maximum absolute atomic E-state index is 12.3.